The monoisotopic (exact) mass is 203 g/mol. The molecular formula is C9H17NO2S. The summed E-state index contributed by atoms with van der Waals surface area (Å²) in [4.78, 5) is 0. The van der Waals surface area contributed by atoms with E-state index in [2.05, 4.69) is 12.2 Å². The normalized spacial score (nSPS) is 35.8. The molecule has 2 aliphatic rings. The van der Waals surface area contributed by atoms with Gasteiger partial charge in [0, 0.05) is 18.3 Å². The van der Waals surface area contributed by atoms with Gasteiger partial charge in [0.05, 0.1) is 13.2 Å². The van der Waals surface area contributed by atoms with E-state index in [1.807, 2.05) is 11.8 Å². The predicted octanol–water partition coefficient (Wildman–Crippen LogP) is 0.700. The zero-order valence-electron chi connectivity index (χ0n) is 7.99. The van der Waals surface area contributed by atoms with E-state index in [0.717, 1.165) is 25.7 Å². The molecule has 0 aromatic rings. The Balaban J connectivity index is 1.66. The number of ether oxygens (including phenoxy) is 2. The molecule has 2 saturated heterocycles. The van der Waals surface area contributed by atoms with Crippen LogP contribution in [0.3, 0.4) is 0 Å². The first kappa shape index (κ1) is 9.77. The van der Waals surface area contributed by atoms with E-state index in [-0.39, 0.29) is 6.29 Å². The first-order chi connectivity index (χ1) is 6.36. The fraction of sp³-hybridized carbons (Fsp3) is 1.00. The summed E-state index contributed by atoms with van der Waals surface area (Å²) in [5.41, 5.74) is 0. The first-order valence-corrected chi connectivity index (χ1v) is 6.06. The fourth-order valence-corrected chi connectivity index (χ4v) is 3.13. The lowest BCUT2D eigenvalue weighted by Crippen LogP contribution is -2.39. The Morgan fingerprint density at radius 3 is 2.69 bits per heavy atom. The molecule has 2 heterocycles. The highest BCUT2D eigenvalue weighted by molar-refractivity contribution is 7.99. The molecule has 0 bridgehead atoms. The lowest BCUT2D eigenvalue weighted by Gasteiger charge is -2.18. The van der Waals surface area contributed by atoms with Crippen LogP contribution in [0, 0.1) is 5.92 Å². The largest absolute Gasteiger partial charge is 0.349 e. The van der Waals surface area contributed by atoms with Crippen molar-refractivity contribution in [1.29, 1.82) is 0 Å². The van der Waals surface area contributed by atoms with Gasteiger partial charge in [-0.15, -0.1) is 0 Å². The second kappa shape index (κ2) is 4.64. The summed E-state index contributed by atoms with van der Waals surface area (Å²) in [5, 5.41) is 3.50. The summed E-state index contributed by atoms with van der Waals surface area (Å²) in [6, 6.07) is 0.651. The van der Waals surface area contributed by atoms with E-state index in [9.17, 15) is 0 Å². The van der Waals surface area contributed by atoms with Gasteiger partial charge in [-0.05, 0) is 11.7 Å². The molecule has 1 N–H and O–H groups in total. The van der Waals surface area contributed by atoms with E-state index in [1.165, 1.54) is 11.5 Å². The lowest BCUT2D eigenvalue weighted by atomic mass is 10.1. The van der Waals surface area contributed by atoms with Crippen LogP contribution >= 0.6 is 11.8 Å². The summed E-state index contributed by atoms with van der Waals surface area (Å²) in [6.45, 7) is 4.65. The maximum atomic E-state index is 5.36. The van der Waals surface area contributed by atoms with Crippen LogP contribution in [-0.2, 0) is 9.47 Å². The molecule has 4 heteroatoms. The van der Waals surface area contributed by atoms with Crippen LogP contribution in [0.4, 0.5) is 0 Å². The minimum Gasteiger partial charge on any atom is -0.349 e. The maximum Gasteiger partial charge on any atom is 0.170 e. The Hall–Kier alpha value is 0.230. The van der Waals surface area contributed by atoms with Crippen molar-refractivity contribution in [3.05, 3.63) is 0 Å². The molecule has 2 fully saturated rings. The van der Waals surface area contributed by atoms with Gasteiger partial charge in [-0.2, -0.15) is 11.8 Å². The molecule has 0 saturated carbocycles. The van der Waals surface area contributed by atoms with Gasteiger partial charge in [0.15, 0.2) is 6.29 Å². The van der Waals surface area contributed by atoms with Crippen LogP contribution in [0.15, 0.2) is 0 Å². The Kier molecular flexibility index (Phi) is 3.49. The number of hydrogen-bond donors (Lipinski definition) is 1. The topological polar surface area (TPSA) is 30.5 Å². The number of rotatable bonds is 3. The Morgan fingerprint density at radius 1 is 1.31 bits per heavy atom. The Morgan fingerprint density at radius 2 is 2.08 bits per heavy atom. The SMILES string of the molecule is CC1CSCC1NCC1OCCO1. The molecule has 2 atom stereocenters. The number of hydrogen-bond acceptors (Lipinski definition) is 4. The standard InChI is InChI=1S/C9H17NO2S/c1-7-5-13-6-8(7)10-4-9-11-2-3-12-9/h7-10H,2-6H2,1H3. The van der Waals surface area contributed by atoms with Crippen LogP contribution in [-0.4, -0.2) is 43.6 Å². The summed E-state index contributed by atoms with van der Waals surface area (Å²) in [5.74, 6) is 3.30. The van der Waals surface area contributed by atoms with Gasteiger partial charge in [-0.3, -0.25) is 0 Å². The van der Waals surface area contributed by atoms with Gasteiger partial charge in [-0.1, -0.05) is 6.92 Å². The number of nitrogens with one attached hydrogen (secondary N) is 1. The van der Waals surface area contributed by atoms with Crippen molar-refractivity contribution < 1.29 is 9.47 Å². The fourth-order valence-electron chi connectivity index (χ4n) is 1.69. The summed E-state index contributed by atoms with van der Waals surface area (Å²) in [6.07, 6.45) is -0.00204. The molecular weight excluding hydrogens is 186 g/mol. The zero-order chi connectivity index (χ0) is 9.10. The second-order valence-electron chi connectivity index (χ2n) is 3.70. The van der Waals surface area contributed by atoms with E-state index in [4.69, 9.17) is 9.47 Å². The quantitative estimate of drug-likeness (QED) is 0.731. The molecule has 0 aliphatic carbocycles. The lowest BCUT2D eigenvalue weighted by molar-refractivity contribution is -0.0407. The van der Waals surface area contributed by atoms with E-state index >= 15 is 0 Å². The van der Waals surface area contributed by atoms with Gasteiger partial charge in [0.1, 0.15) is 0 Å². The van der Waals surface area contributed by atoms with Gasteiger partial charge in [-0.25, -0.2) is 0 Å². The maximum absolute atomic E-state index is 5.36. The third-order valence-corrected chi connectivity index (χ3v) is 3.96. The minimum absolute atomic E-state index is 0.00204. The van der Waals surface area contributed by atoms with Crippen LogP contribution in [0.25, 0.3) is 0 Å². The molecule has 3 nitrogen and oxygen atoms in total. The number of thioether (sulfide) groups is 1. The van der Waals surface area contributed by atoms with Crippen LogP contribution in [0.2, 0.25) is 0 Å². The van der Waals surface area contributed by atoms with Crippen molar-refractivity contribution in [1.82, 2.24) is 5.32 Å². The molecule has 0 amide bonds. The summed E-state index contributed by atoms with van der Waals surface area (Å²) >= 11 is 2.03. The third kappa shape index (κ3) is 2.59. The molecule has 2 unspecified atom stereocenters. The molecule has 13 heavy (non-hydrogen) atoms. The highest BCUT2D eigenvalue weighted by atomic mass is 32.2. The van der Waals surface area contributed by atoms with Crippen molar-refractivity contribution in [2.24, 2.45) is 5.92 Å². The van der Waals surface area contributed by atoms with Gasteiger partial charge in [0.2, 0.25) is 0 Å². The molecule has 2 aliphatic heterocycles. The Bertz CT molecular complexity index is 162. The average Bonchev–Trinajstić information content (AvgIpc) is 2.72. The van der Waals surface area contributed by atoms with Crippen molar-refractivity contribution in [3.63, 3.8) is 0 Å². The zero-order valence-corrected chi connectivity index (χ0v) is 8.81. The van der Waals surface area contributed by atoms with Gasteiger partial charge >= 0.3 is 0 Å². The van der Waals surface area contributed by atoms with Crippen LogP contribution < -0.4 is 5.32 Å². The first-order valence-electron chi connectivity index (χ1n) is 4.90. The Labute approximate surface area is 83.5 Å². The van der Waals surface area contributed by atoms with Crippen LogP contribution in [0.5, 0.6) is 0 Å². The smallest absolute Gasteiger partial charge is 0.170 e. The average molecular weight is 203 g/mol. The van der Waals surface area contributed by atoms with E-state index < -0.39 is 0 Å². The molecule has 76 valence electrons. The molecule has 0 spiro atoms. The second-order valence-corrected chi connectivity index (χ2v) is 4.78. The molecule has 0 radical (unpaired) electrons. The summed E-state index contributed by atoms with van der Waals surface area (Å²) < 4.78 is 10.7. The molecule has 0 aromatic heterocycles. The predicted molar refractivity (Wildman–Crippen MR) is 54.0 cm³/mol. The minimum atomic E-state index is -0.00204. The van der Waals surface area contributed by atoms with E-state index in [0.29, 0.717) is 6.04 Å². The van der Waals surface area contributed by atoms with Crippen LogP contribution in [0.1, 0.15) is 6.92 Å². The van der Waals surface area contributed by atoms with Crippen molar-refractivity contribution in [2.45, 2.75) is 19.3 Å². The third-order valence-electron chi connectivity index (χ3n) is 2.60. The van der Waals surface area contributed by atoms with Crippen molar-refractivity contribution in [3.8, 4) is 0 Å². The summed E-state index contributed by atoms with van der Waals surface area (Å²) in [7, 11) is 0. The highest BCUT2D eigenvalue weighted by Crippen LogP contribution is 2.23. The van der Waals surface area contributed by atoms with E-state index in [1.54, 1.807) is 0 Å². The van der Waals surface area contributed by atoms with Gasteiger partial charge < -0.3 is 14.8 Å². The molecule has 2 rings (SSSR count). The van der Waals surface area contributed by atoms with Crippen molar-refractivity contribution in [2.75, 3.05) is 31.3 Å². The van der Waals surface area contributed by atoms with Crippen molar-refractivity contribution >= 4 is 11.8 Å². The highest BCUT2D eigenvalue weighted by Gasteiger charge is 2.25. The van der Waals surface area contributed by atoms with Gasteiger partial charge in [0.25, 0.3) is 0 Å². The molecule has 0 aromatic carbocycles.